The van der Waals surface area contributed by atoms with Gasteiger partial charge in [-0.2, -0.15) is 4.98 Å². The first-order chi connectivity index (χ1) is 9.63. The molecule has 0 aliphatic carbocycles. The predicted octanol–water partition coefficient (Wildman–Crippen LogP) is 1.48. The number of aromatic nitrogens is 2. The van der Waals surface area contributed by atoms with Gasteiger partial charge in [0.25, 0.3) is 0 Å². The van der Waals surface area contributed by atoms with Crippen LogP contribution in [0, 0.1) is 6.92 Å². The molecule has 0 bridgehead atoms. The number of hydrogen-bond acceptors (Lipinski definition) is 6. The highest BCUT2D eigenvalue weighted by Crippen LogP contribution is 2.23. The molecule has 1 aliphatic rings. The van der Waals surface area contributed by atoms with Crippen molar-refractivity contribution in [2.24, 2.45) is 0 Å². The lowest BCUT2D eigenvalue weighted by atomic mass is 10.1. The fraction of sp³-hybridized carbons (Fsp3) is 0.857. The number of likely N-dealkylation sites (N-methyl/N-ethyl adjacent to an activating group) is 1. The van der Waals surface area contributed by atoms with E-state index in [0.29, 0.717) is 11.9 Å². The van der Waals surface area contributed by atoms with Gasteiger partial charge in [0.1, 0.15) is 6.04 Å². The molecule has 0 saturated carbocycles. The topological polar surface area (TPSA) is 54.6 Å². The fourth-order valence-corrected chi connectivity index (χ4v) is 2.70. The summed E-state index contributed by atoms with van der Waals surface area (Å²) < 4.78 is 10.9. The Morgan fingerprint density at radius 1 is 1.45 bits per heavy atom. The zero-order valence-corrected chi connectivity index (χ0v) is 13.0. The van der Waals surface area contributed by atoms with Gasteiger partial charge in [0, 0.05) is 33.3 Å². The summed E-state index contributed by atoms with van der Waals surface area (Å²) >= 11 is 0. The second-order valence-electron chi connectivity index (χ2n) is 5.58. The molecule has 6 heteroatoms. The monoisotopic (exact) mass is 282 g/mol. The number of piperazine rings is 1. The van der Waals surface area contributed by atoms with Crippen LogP contribution in [0.25, 0.3) is 0 Å². The van der Waals surface area contributed by atoms with Crippen molar-refractivity contribution in [3.63, 3.8) is 0 Å². The molecule has 114 valence electrons. The average Bonchev–Trinajstić information content (AvgIpc) is 2.86. The highest BCUT2D eigenvalue weighted by molar-refractivity contribution is 4.96. The van der Waals surface area contributed by atoms with Gasteiger partial charge < -0.3 is 9.26 Å². The van der Waals surface area contributed by atoms with Crippen molar-refractivity contribution in [3.8, 4) is 0 Å². The number of rotatable bonds is 6. The molecule has 0 amide bonds. The van der Waals surface area contributed by atoms with E-state index in [2.05, 4.69) is 33.9 Å². The van der Waals surface area contributed by atoms with Gasteiger partial charge in [-0.1, -0.05) is 18.5 Å². The Hall–Kier alpha value is -0.980. The van der Waals surface area contributed by atoms with Crippen molar-refractivity contribution in [2.75, 3.05) is 40.3 Å². The van der Waals surface area contributed by atoms with Crippen molar-refractivity contribution in [1.82, 2.24) is 19.9 Å². The largest absolute Gasteiger partial charge is 0.380 e. The summed E-state index contributed by atoms with van der Waals surface area (Å²) in [6, 6.07) is 0.184. The fourth-order valence-electron chi connectivity index (χ4n) is 2.70. The van der Waals surface area contributed by atoms with Crippen LogP contribution in [0.2, 0.25) is 0 Å². The van der Waals surface area contributed by atoms with E-state index in [1.165, 1.54) is 0 Å². The third-order valence-electron chi connectivity index (χ3n) is 3.97. The molecule has 0 unspecified atom stereocenters. The van der Waals surface area contributed by atoms with Crippen LogP contribution in [-0.2, 0) is 4.74 Å². The highest BCUT2D eigenvalue weighted by atomic mass is 16.5. The van der Waals surface area contributed by atoms with Crippen LogP contribution in [0.15, 0.2) is 4.52 Å². The molecule has 0 aromatic carbocycles. The van der Waals surface area contributed by atoms with Crippen molar-refractivity contribution in [1.29, 1.82) is 0 Å². The summed E-state index contributed by atoms with van der Waals surface area (Å²) in [5.74, 6) is 1.42. The van der Waals surface area contributed by atoms with Crippen LogP contribution in [-0.4, -0.2) is 66.4 Å². The lowest BCUT2D eigenvalue weighted by Crippen LogP contribution is -2.49. The van der Waals surface area contributed by atoms with Gasteiger partial charge in [0.2, 0.25) is 5.89 Å². The van der Waals surface area contributed by atoms with Gasteiger partial charge >= 0.3 is 0 Å². The van der Waals surface area contributed by atoms with E-state index in [9.17, 15) is 0 Å². The smallest absolute Gasteiger partial charge is 0.245 e. The van der Waals surface area contributed by atoms with Crippen LogP contribution in [0.3, 0.4) is 0 Å². The average molecular weight is 282 g/mol. The molecule has 1 aromatic heterocycles. The molecule has 0 N–H and O–H groups in total. The molecule has 1 aliphatic heterocycles. The number of nitrogens with zero attached hydrogens (tertiary/aromatic N) is 4. The van der Waals surface area contributed by atoms with Gasteiger partial charge in [0.05, 0.1) is 6.10 Å². The SMILES string of the molecule is CCC[C@@H](CN1CCN(C)[C@H](c2nc(C)no2)C1)OC. The van der Waals surface area contributed by atoms with Crippen LogP contribution in [0.5, 0.6) is 0 Å². The summed E-state index contributed by atoms with van der Waals surface area (Å²) in [5, 5.41) is 3.90. The van der Waals surface area contributed by atoms with Gasteiger partial charge in [0.15, 0.2) is 5.82 Å². The molecule has 6 nitrogen and oxygen atoms in total. The standard InChI is InChI=1S/C14H26N4O2/c1-5-6-12(19-4)9-18-8-7-17(3)13(10-18)14-15-11(2)16-20-14/h12-13H,5-10H2,1-4H3/t12-,13-/m0/s1. The maximum Gasteiger partial charge on any atom is 0.245 e. The first-order valence-corrected chi connectivity index (χ1v) is 7.39. The van der Waals surface area contributed by atoms with Crippen molar-refractivity contribution < 1.29 is 9.26 Å². The second-order valence-corrected chi connectivity index (χ2v) is 5.58. The van der Waals surface area contributed by atoms with E-state index < -0.39 is 0 Å². The van der Waals surface area contributed by atoms with Crippen LogP contribution in [0.4, 0.5) is 0 Å². The van der Waals surface area contributed by atoms with Gasteiger partial charge in [-0.15, -0.1) is 0 Å². The number of aryl methyl sites for hydroxylation is 1. The van der Waals surface area contributed by atoms with E-state index in [-0.39, 0.29) is 6.04 Å². The minimum Gasteiger partial charge on any atom is -0.380 e. The van der Waals surface area contributed by atoms with E-state index >= 15 is 0 Å². The summed E-state index contributed by atoms with van der Waals surface area (Å²) in [6.07, 6.45) is 2.57. The molecule has 2 rings (SSSR count). The molecular formula is C14H26N4O2. The van der Waals surface area contributed by atoms with Crippen molar-refractivity contribution in [2.45, 2.75) is 38.8 Å². The van der Waals surface area contributed by atoms with Crippen LogP contribution >= 0.6 is 0 Å². The van der Waals surface area contributed by atoms with Gasteiger partial charge in [-0.25, -0.2) is 0 Å². The van der Waals surface area contributed by atoms with Crippen LogP contribution < -0.4 is 0 Å². The van der Waals surface area contributed by atoms with Gasteiger partial charge in [-0.05, 0) is 20.4 Å². The molecular weight excluding hydrogens is 256 g/mol. The molecule has 20 heavy (non-hydrogen) atoms. The first-order valence-electron chi connectivity index (χ1n) is 7.39. The normalized spacial score (nSPS) is 23.1. The Bertz CT molecular complexity index is 410. The Balaban J connectivity index is 1.97. The third-order valence-corrected chi connectivity index (χ3v) is 3.97. The quantitative estimate of drug-likeness (QED) is 0.788. The minimum absolute atomic E-state index is 0.184. The van der Waals surface area contributed by atoms with Crippen molar-refractivity contribution >= 4 is 0 Å². The van der Waals surface area contributed by atoms with Crippen LogP contribution in [0.1, 0.15) is 37.5 Å². The zero-order valence-electron chi connectivity index (χ0n) is 13.0. The second kappa shape index (κ2) is 7.15. The summed E-state index contributed by atoms with van der Waals surface area (Å²) in [4.78, 5) is 9.10. The Labute approximate surface area is 121 Å². The molecule has 1 aromatic rings. The predicted molar refractivity (Wildman–Crippen MR) is 76.6 cm³/mol. The lowest BCUT2D eigenvalue weighted by Gasteiger charge is -2.38. The van der Waals surface area contributed by atoms with E-state index in [4.69, 9.17) is 9.26 Å². The minimum atomic E-state index is 0.184. The zero-order chi connectivity index (χ0) is 14.5. The van der Waals surface area contributed by atoms with E-state index in [1.807, 2.05) is 6.92 Å². The highest BCUT2D eigenvalue weighted by Gasteiger charge is 2.30. The third kappa shape index (κ3) is 3.77. The maximum atomic E-state index is 5.56. The maximum absolute atomic E-state index is 5.56. The summed E-state index contributed by atoms with van der Waals surface area (Å²) in [6.45, 7) is 8.01. The Kier molecular flexibility index (Phi) is 5.51. The van der Waals surface area contributed by atoms with Gasteiger partial charge in [-0.3, -0.25) is 9.80 Å². The van der Waals surface area contributed by atoms with E-state index in [0.717, 1.165) is 44.9 Å². The molecule has 2 heterocycles. The van der Waals surface area contributed by atoms with E-state index in [1.54, 1.807) is 7.11 Å². The van der Waals surface area contributed by atoms with Crippen molar-refractivity contribution in [3.05, 3.63) is 11.7 Å². The molecule has 1 saturated heterocycles. The number of methoxy groups -OCH3 is 1. The first kappa shape index (κ1) is 15.4. The summed E-state index contributed by atoms with van der Waals surface area (Å²) in [5.41, 5.74) is 0. The Morgan fingerprint density at radius 3 is 2.85 bits per heavy atom. The molecule has 1 fully saturated rings. The molecule has 0 spiro atoms. The molecule has 2 atom stereocenters. The lowest BCUT2D eigenvalue weighted by molar-refractivity contribution is 0.0184. The number of hydrogen-bond donors (Lipinski definition) is 0. The number of ether oxygens (including phenoxy) is 1. The summed E-state index contributed by atoms with van der Waals surface area (Å²) in [7, 11) is 3.91. The Morgan fingerprint density at radius 2 is 2.25 bits per heavy atom. The molecule has 0 radical (unpaired) electrons.